The highest BCUT2D eigenvalue weighted by Crippen LogP contribution is 2.32. The normalized spacial score (nSPS) is 11.0. The monoisotopic (exact) mass is 570 g/mol. The molecule has 2 N–H and O–H groups in total. The van der Waals surface area contributed by atoms with Crippen molar-refractivity contribution in [2.75, 3.05) is 52.9 Å². The van der Waals surface area contributed by atoms with E-state index < -0.39 is 0 Å². The fourth-order valence-electron chi connectivity index (χ4n) is 4.38. The van der Waals surface area contributed by atoms with E-state index in [-0.39, 0.29) is 11.5 Å². The van der Waals surface area contributed by atoms with Gasteiger partial charge in [0.15, 0.2) is 34.5 Å². The number of aromatic hydroxyl groups is 2. The molecule has 0 aromatic heterocycles. The van der Waals surface area contributed by atoms with E-state index in [4.69, 9.17) is 28.4 Å². The summed E-state index contributed by atoms with van der Waals surface area (Å²) in [4.78, 5) is 0. The largest absolute Gasteiger partial charge is 0.504 e. The van der Waals surface area contributed by atoms with Gasteiger partial charge < -0.3 is 38.6 Å². The molecule has 0 spiro atoms. The molecule has 218 valence electrons. The zero-order valence-electron chi connectivity index (χ0n) is 23.2. The summed E-state index contributed by atoms with van der Waals surface area (Å²) < 4.78 is 34.3. The van der Waals surface area contributed by atoms with Gasteiger partial charge in [0.25, 0.3) is 0 Å². The van der Waals surface area contributed by atoms with Gasteiger partial charge in [0.2, 0.25) is 0 Å². The Bertz CT molecular complexity index is 1470. The summed E-state index contributed by atoms with van der Waals surface area (Å²) in [6.07, 6.45) is 0. The van der Waals surface area contributed by atoms with Crippen molar-refractivity contribution in [3.63, 3.8) is 0 Å². The van der Waals surface area contributed by atoms with Crippen LogP contribution in [0.4, 0.5) is 0 Å². The predicted molar refractivity (Wildman–Crippen MR) is 161 cm³/mol. The Morgan fingerprint density at radius 3 is 1.05 bits per heavy atom. The van der Waals surface area contributed by atoms with Crippen LogP contribution in [0.3, 0.4) is 0 Å². The second-order valence-electron chi connectivity index (χ2n) is 9.40. The first-order valence-corrected chi connectivity index (χ1v) is 13.9. The predicted octanol–water partition coefficient (Wildman–Crippen LogP) is 6.35. The highest BCUT2D eigenvalue weighted by atomic mass is 16.6. The third-order valence-electron chi connectivity index (χ3n) is 6.44. The molecule has 0 aliphatic carbocycles. The molecule has 0 atom stereocenters. The molecule has 0 bridgehead atoms. The highest BCUT2D eigenvalue weighted by Gasteiger charge is 2.07. The number of phenolic OH excluding ortho intramolecular Hbond substituents is 2. The molecule has 8 heteroatoms. The quantitative estimate of drug-likeness (QED) is 0.133. The first-order valence-electron chi connectivity index (χ1n) is 13.9. The summed E-state index contributed by atoms with van der Waals surface area (Å²) in [5.41, 5.74) is 0. The lowest BCUT2D eigenvalue weighted by atomic mass is 10.1. The van der Waals surface area contributed by atoms with E-state index in [1.54, 1.807) is 12.1 Å². The van der Waals surface area contributed by atoms with Gasteiger partial charge >= 0.3 is 0 Å². The maximum absolute atomic E-state index is 10.2. The summed E-state index contributed by atoms with van der Waals surface area (Å²) in [5, 5.41) is 24.3. The number of hydrogen-bond acceptors (Lipinski definition) is 8. The molecule has 5 aromatic carbocycles. The van der Waals surface area contributed by atoms with Crippen LogP contribution in [0.5, 0.6) is 34.5 Å². The first-order chi connectivity index (χ1) is 20.7. The molecular weight excluding hydrogens is 536 g/mol. The van der Waals surface area contributed by atoms with Gasteiger partial charge in [0.05, 0.1) is 26.4 Å². The summed E-state index contributed by atoms with van der Waals surface area (Å²) in [6, 6.07) is 30.0. The second-order valence-corrected chi connectivity index (χ2v) is 9.40. The van der Waals surface area contributed by atoms with Crippen molar-refractivity contribution in [1.29, 1.82) is 0 Å². The Morgan fingerprint density at radius 1 is 0.357 bits per heavy atom. The Morgan fingerprint density at radius 2 is 0.667 bits per heavy atom. The van der Waals surface area contributed by atoms with E-state index in [0.29, 0.717) is 75.9 Å². The van der Waals surface area contributed by atoms with Crippen molar-refractivity contribution in [1.82, 2.24) is 0 Å². The smallest absolute Gasteiger partial charge is 0.161 e. The molecule has 0 amide bonds. The molecule has 0 unspecified atom stereocenters. The van der Waals surface area contributed by atoms with Crippen LogP contribution in [0.2, 0.25) is 0 Å². The average Bonchev–Trinajstić information content (AvgIpc) is 3.01. The van der Waals surface area contributed by atoms with Gasteiger partial charge in [-0.15, -0.1) is 0 Å². The third-order valence-corrected chi connectivity index (χ3v) is 6.44. The fraction of sp³-hybridized carbons (Fsp3) is 0.235. The molecule has 42 heavy (non-hydrogen) atoms. The maximum atomic E-state index is 10.2. The van der Waals surface area contributed by atoms with Crippen LogP contribution in [0.15, 0.2) is 97.1 Å². The van der Waals surface area contributed by atoms with Crippen LogP contribution in [0.25, 0.3) is 21.5 Å². The molecule has 0 aliphatic heterocycles. The second kappa shape index (κ2) is 14.8. The van der Waals surface area contributed by atoms with Gasteiger partial charge in [0.1, 0.15) is 26.4 Å². The van der Waals surface area contributed by atoms with Gasteiger partial charge in [-0.25, -0.2) is 0 Å². The zero-order chi connectivity index (χ0) is 29.0. The van der Waals surface area contributed by atoms with Crippen molar-refractivity contribution in [3.05, 3.63) is 97.1 Å². The molecule has 5 rings (SSSR count). The van der Waals surface area contributed by atoms with Crippen molar-refractivity contribution in [2.24, 2.45) is 0 Å². The molecular formula is C34H34O8. The van der Waals surface area contributed by atoms with E-state index in [9.17, 15) is 10.2 Å². The standard InChI is InChI=1S/C34H34O8/c35-29-21-25-7-1-3-9-27(25)23-33(29)41-19-15-37-13-17-39-31-11-5-6-12-32(31)40-18-14-38-16-20-42-34-24-28-10-4-2-8-26(28)22-30(34)36/h1-12,21-24,35-36H,13-20H2. The van der Waals surface area contributed by atoms with Gasteiger partial charge in [-0.3, -0.25) is 0 Å². The summed E-state index contributed by atoms with van der Waals surface area (Å²) in [7, 11) is 0. The number of fused-ring (bicyclic) bond motifs is 2. The number of phenols is 2. The average molecular weight is 571 g/mol. The maximum Gasteiger partial charge on any atom is 0.161 e. The molecule has 0 radical (unpaired) electrons. The molecule has 0 saturated heterocycles. The SMILES string of the molecule is Oc1cc2ccccc2cc1OCCOCCOc1ccccc1OCCOCCOc1cc2ccccc2cc1O. The molecule has 0 heterocycles. The topological polar surface area (TPSA) is 95.8 Å². The minimum atomic E-state index is 0.105. The van der Waals surface area contributed by atoms with Gasteiger partial charge in [0, 0.05) is 0 Å². The fourth-order valence-corrected chi connectivity index (χ4v) is 4.38. The van der Waals surface area contributed by atoms with Crippen LogP contribution >= 0.6 is 0 Å². The van der Waals surface area contributed by atoms with Gasteiger partial charge in [-0.2, -0.15) is 0 Å². The lowest BCUT2D eigenvalue weighted by Crippen LogP contribution is -2.14. The van der Waals surface area contributed by atoms with E-state index in [1.807, 2.05) is 84.9 Å². The molecule has 8 nitrogen and oxygen atoms in total. The minimum absolute atomic E-state index is 0.105. The summed E-state index contributed by atoms with van der Waals surface area (Å²) in [6.45, 7) is 2.76. The zero-order valence-corrected chi connectivity index (χ0v) is 23.2. The van der Waals surface area contributed by atoms with E-state index in [0.717, 1.165) is 21.5 Å². The first kappa shape index (κ1) is 28.9. The number of para-hydroxylation sites is 2. The molecule has 0 aliphatic rings. The summed E-state index contributed by atoms with van der Waals surface area (Å²) >= 11 is 0. The lowest BCUT2D eigenvalue weighted by Gasteiger charge is -2.13. The van der Waals surface area contributed by atoms with Crippen molar-refractivity contribution in [3.8, 4) is 34.5 Å². The number of rotatable bonds is 16. The van der Waals surface area contributed by atoms with Crippen LogP contribution in [-0.2, 0) is 9.47 Å². The summed E-state index contributed by atoms with van der Waals surface area (Å²) in [5.74, 6) is 2.31. The Hall–Kier alpha value is -4.66. The van der Waals surface area contributed by atoms with Gasteiger partial charge in [-0.1, -0.05) is 60.7 Å². The van der Waals surface area contributed by atoms with Crippen molar-refractivity contribution in [2.45, 2.75) is 0 Å². The van der Waals surface area contributed by atoms with Gasteiger partial charge in [-0.05, 0) is 57.9 Å². The number of benzene rings is 5. The van der Waals surface area contributed by atoms with Crippen LogP contribution < -0.4 is 18.9 Å². The van der Waals surface area contributed by atoms with Crippen molar-refractivity contribution >= 4 is 21.5 Å². The van der Waals surface area contributed by atoms with Crippen LogP contribution in [-0.4, -0.2) is 63.1 Å². The number of hydrogen-bond donors (Lipinski definition) is 2. The highest BCUT2D eigenvalue weighted by molar-refractivity contribution is 5.86. The lowest BCUT2D eigenvalue weighted by molar-refractivity contribution is 0.0693. The molecule has 5 aromatic rings. The minimum Gasteiger partial charge on any atom is -0.504 e. The Balaban J connectivity index is 0.945. The van der Waals surface area contributed by atoms with Crippen LogP contribution in [0, 0.1) is 0 Å². The Labute approximate surface area is 244 Å². The van der Waals surface area contributed by atoms with Crippen LogP contribution in [0.1, 0.15) is 0 Å². The molecule has 0 saturated carbocycles. The molecule has 0 fully saturated rings. The van der Waals surface area contributed by atoms with E-state index in [2.05, 4.69) is 0 Å². The van der Waals surface area contributed by atoms with Crippen molar-refractivity contribution < 1.29 is 38.6 Å². The Kier molecular flexibility index (Phi) is 10.2. The van der Waals surface area contributed by atoms with E-state index in [1.165, 1.54) is 0 Å². The van der Waals surface area contributed by atoms with E-state index >= 15 is 0 Å². The third kappa shape index (κ3) is 7.96. The number of ether oxygens (including phenoxy) is 6.